The molecule has 0 saturated carbocycles. The third-order valence-corrected chi connectivity index (χ3v) is 4.09. The molecule has 112 valence electrons. The van der Waals surface area contributed by atoms with Crippen molar-refractivity contribution in [3.05, 3.63) is 51.1 Å². The first-order chi connectivity index (χ1) is 10.2. The third-order valence-electron chi connectivity index (χ3n) is 3.27. The highest BCUT2D eigenvalue weighted by atomic mass is 127. The molecule has 2 N–H and O–H groups in total. The van der Waals surface area contributed by atoms with Crippen LogP contribution in [-0.4, -0.2) is 11.7 Å². The molecular weight excluding hydrogens is 377 g/mol. The van der Waals surface area contributed by atoms with Crippen molar-refractivity contribution in [3.8, 4) is 11.5 Å². The van der Waals surface area contributed by atoms with Crippen molar-refractivity contribution < 1.29 is 9.84 Å². The van der Waals surface area contributed by atoms with Crippen LogP contribution in [0.3, 0.4) is 0 Å². The van der Waals surface area contributed by atoms with Crippen LogP contribution >= 0.6 is 22.6 Å². The number of rotatable bonds is 6. The summed E-state index contributed by atoms with van der Waals surface area (Å²) in [5.41, 5.74) is 3.55. The van der Waals surface area contributed by atoms with E-state index in [-0.39, 0.29) is 5.75 Å². The summed E-state index contributed by atoms with van der Waals surface area (Å²) in [4.78, 5) is 0. The lowest BCUT2D eigenvalue weighted by Crippen LogP contribution is -2.03. The van der Waals surface area contributed by atoms with Crippen molar-refractivity contribution >= 4 is 28.3 Å². The van der Waals surface area contributed by atoms with Crippen LogP contribution in [0.5, 0.6) is 11.5 Å². The molecule has 2 aromatic rings. The lowest BCUT2D eigenvalue weighted by Gasteiger charge is -2.13. The van der Waals surface area contributed by atoms with Crippen LogP contribution in [0.25, 0.3) is 0 Å². The van der Waals surface area contributed by atoms with E-state index in [4.69, 9.17) is 4.74 Å². The molecule has 4 heteroatoms. The van der Waals surface area contributed by atoms with E-state index < -0.39 is 0 Å². The highest BCUT2D eigenvalue weighted by Gasteiger charge is 2.09. The van der Waals surface area contributed by atoms with Gasteiger partial charge in [-0.05, 0) is 65.3 Å². The van der Waals surface area contributed by atoms with Crippen LogP contribution in [0.2, 0.25) is 0 Å². The maximum Gasteiger partial charge on any atom is 0.171 e. The predicted octanol–water partition coefficient (Wildman–Crippen LogP) is 4.57. The zero-order chi connectivity index (χ0) is 15.2. The third kappa shape index (κ3) is 4.03. The van der Waals surface area contributed by atoms with Crippen molar-refractivity contribution in [1.29, 1.82) is 0 Å². The van der Waals surface area contributed by atoms with Gasteiger partial charge in [0.1, 0.15) is 0 Å². The van der Waals surface area contributed by atoms with Gasteiger partial charge in [-0.15, -0.1) is 0 Å². The van der Waals surface area contributed by atoms with Crippen molar-refractivity contribution in [2.24, 2.45) is 0 Å². The summed E-state index contributed by atoms with van der Waals surface area (Å²) in [5, 5.41) is 13.4. The van der Waals surface area contributed by atoms with Crippen LogP contribution < -0.4 is 10.1 Å². The Kier molecular flexibility index (Phi) is 5.73. The number of aromatic hydroxyl groups is 1. The van der Waals surface area contributed by atoms with Gasteiger partial charge in [0.25, 0.3) is 0 Å². The Morgan fingerprint density at radius 1 is 1.19 bits per heavy atom. The van der Waals surface area contributed by atoms with E-state index in [1.165, 1.54) is 5.56 Å². The maximum atomic E-state index is 9.97. The highest BCUT2D eigenvalue weighted by Crippen LogP contribution is 2.33. The molecule has 21 heavy (non-hydrogen) atoms. The molecule has 0 atom stereocenters. The van der Waals surface area contributed by atoms with Gasteiger partial charge >= 0.3 is 0 Å². The number of anilines is 1. The maximum absolute atomic E-state index is 9.97. The standard InChI is InChI=1S/C17H20INO2/c1-3-13-7-5-6-8-15(13)19-11-12-9-14(18)17(20)16(10-12)21-4-2/h5-10,19-20H,3-4,11H2,1-2H3. The van der Waals surface area contributed by atoms with Gasteiger partial charge in [0, 0.05) is 12.2 Å². The molecule has 0 fully saturated rings. The average molecular weight is 397 g/mol. The van der Waals surface area contributed by atoms with E-state index in [0.29, 0.717) is 18.9 Å². The Balaban J connectivity index is 2.16. The zero-order valence-corrected chi connectivity index (χ0v) is 14.5. The van der Waals surface area contributed by atoms with E-state index in [1.54, 1.807) is 0 Å². The first kappa shape index (κ1) is 15.9. The summed E-state index contributed by atoms with van der Waals surface area (Å²) >= 11 is 2.13. The molecule has 3 nitrogen and oxygen atoms in total. The number of aryl methyl sites for hydroxylation is 1. The van der Waals surface area contributed by atoms with Crippen molar-refractivity contribution in [2.45, 2.75) is 26.8 Å². The number of hydrogen-bond donors (Lipinski definition) is 2. The van der Waals surface area contributed by atoms with Gasteiger partial charge in [-0.2, -0.15) is 0 Å². The fourth-order valence-corrected chi connectivity index (χ4v) is 2.86. The lowest BCUT2D eigenvalue weighted by atomic mass is 10.1. The van der Waals surface area contributed by atoms with Crippen LogP contribution in [0, 0.1) is 3.57 Å². The van der Waals surface area contributed by atoms with Gasteiger partial charge in [-0.3, -0.25) is 0 Å². The van der Waals surface area contributed by atoms with Crippen LogP contribution in [0.1, 0.15) is 25.0 Å². The topological polar surface area (TPSA) is 41.5 Å². The van der Waals surface area contributed by atoms with Crippen LogP contribution in [-0.2, 0) is 13.0 Å². The number of hydrogen-bond acceptors (Lipinski definition) is 3. The number of para-hydroxylation sites is 1. The molecule has 0 aliphatic rings. The minimum atomic E-state index is 0.218. The molecule has 2 rings (SSSR count). The van der Waals surface area contributed by atoms with E-state index in [2.05, 4.69) is 53.0 Å². The zero-order valence-electron chi connectivity index (χ0n) is 12.3. The number of ether oxygens (including phenoxy) is 1. The van der Waals surface area contributed by atoms with E-state index in [0.717, 1.165) is 21.2 Å². The predicted molar refractivity (Wildman–Crippen MR) is 95.1 cm³/mol. The molecule has 0 spiro atoms. The van der Waals surface area contributed by atoms with Crippen molar-refractivity contribution in [2.75, 3.05) is 11.9 Å². The minimum absolute atomic E-state index is 0.218. The lowest BCUT2D eigenvalue weighted by molar-refractivity contribution is 0.317. The number of benzene rings is 2. The largest absolute Gasteiger partial charge is 0.504 e. The first-order valence-electron chi connectivity index (χ1n) is 7.11. The van der Waals surface area contributed by atoms with Gasteiger partial charge in [0.15, 0.2) is 11.5 Å². The molecule has 2 aromatic carbocycles. The summed E-state index contributed by atoms with van der Waals surface area (Å²) in [6.07, 6.45) is 1.00. The number of phenolic OH excluding ortho intramolecular Hbond substituents is 1. The Morgan fingerprint density at radius 3 is 2.67 bits per heavy atom. The van der Waals surface area contributed by atoms with Gasteiger partial charge in [-0.25, -0.2) is 0 Å². The Morgan fingerprint density at radius 2 is 1.95 bits per heavy atom. The molecule has 0 amide bonds. The molecule has 0 heterocycles. The Labute approximate surface area is 139 Å². The summed E-state index contributed by atoms with van der Waals surface area (Å²) in [6, 6.07) is 12.2. The molecule has 0 aliphatic heterocycles. The summed E-state index contributed by atoms with van der Waals surface area (Å²) in [5.74, 6) is 0.764. The SMILES string of the molecule is CCOc1cc(CNc2ccccc2CC)cc(I)c1O. The summed E-state index contributed by atoms with van der Waals surface area (Å²) in [6.45, 7) is 5.30. The smallest absolute Gasteiger partial charge is 0.171 e. The number of nitrogens with one attached hydrogen (secondary N) is 1. The average Bonchev–Trinajstić information content (AvgIpc) is 2.50. The van der Waals surface area contributed by atoms with Crippen molar-refractivity contribution in [1.82, 2.24) is 0 Å². The molecular formula is C17H20INO2. The molecule has 0 radical (unpaired) electrons. The number of halogens is 1. The molecule has 0 saturated heterocycles. The normalized spacial score (nSPS) is 10.4. The summed E-state index contributed by atoms with van der Waals surface area (Å²) in [7, 11) is 0. The van der Waals surface area contributed by atoms with E-state index >= 15 is 0 Å². The second-order valence-electron chi connectivity index (χ2n) is 4.72. The monoisotopic (exact) mass is 397 g/mol. The van der Waals surface area contributed by atoms with Crippen molar-refractivity contribution in [3.63, 3.8) is 0 Å². The highest BCUT2D eigenvalue weighted by molar-refractivity contribution is 14.1. The second-order valence-corrected chi connectivity index (χ2v) is 5.88. The molecule has 0 aromatic heterocycles. The van der Waals surface area contributed by atoms with Crippen LogP contribution in [0.4, 0.5) is 5.69 Å². The Hall–Kier alpha value is -1.43. The van der Waals surface area contributed by atoms with E-state index in [9.17, 15) is 5.11 Å². The second kappa shape index (κ2) is 7.54. The quantitative estimate of drug-likeness (QED) is 0.702. The van der Waals surface area contributed by atoms with Gasteiger partial charge < -0.3 is 15.2 Å². The fourth-order valence-electron chi connectivity index (χ4n) is 2.19. The summed E-state index contributed by atoms with van der Waals surface area (Å²) < 4.78 is 6.28. The fraction of sp³-hybridized carbons (Fsp3) is 0.294. The molecule has 0 bridgehead atoms. The van der Waals surface area contributed by atoms with Gasteiger partial charge in [-0.1, -0.05) is 25.1 Å². The van der Waals surface area contributed by atoms with Gasteiger partial charge in [0.05, 0.1) is 10.2 Å². The van der Waals surface area contributed by atoms with Crippen LogP contribution in [0.15, 0.2) is 36.4 Å². The first-order valence-corrected chi connectivity index (χ1v) is 8.19. The van der Waals surface area contributed by atoms with E-state index in [1.807, 2.05) is 25.1 Å². The molecule has 0 aliphatic carbocycles. The molecule has 0 unspecified atom stereocenters. The minimum Gasteiger partial charge on any atom is -0.504 e. The number of phenols is 1. The van der Waals surface area contributed by atoms with Gasteiger partial charge in [0.2, 0.25) is 0 Å². The Bertz CT molecular complexity index is 614.